The molecule has 2 rings (SSSR count). The van der Waals surface area contributed by atoms with E-state index in [1.165, 1.54) is 6.07 Å². The molecule has 1 aromatic carbocycles. The second-order valence-electron chi connectivity index (χ2n) is 5.72. The zero-order valence-electron chi connectivity index (χ0n) is 11.7. The third kappa shape index (κ3) is 3.96. The third-order valence-corrected chi connectivity index (χ3v) is 3.94. The van der Waals surface area contributed by atoms with Gasteiger partial charge in [-0.3, -0.25) is 5.32 Å². The maximum absolute atomic E-state index is 13.1. The van der Waals surface area contributed by atoms with Crippen LogP contribution in [0.15, 0.2) is 18.2 Å². The van der Waals surface area contributed by atoms with E-state index in [1.54, 1.807) is 6.07 Å². The zero-order valence-corrected chi connectivity index (χ0v) is 12.5. The predicted octanol–water partition coefficient (Wildman–Crippen LogP) is 2.57. The fourth-order valence-corrected chi connectivity index (χ4v) is 2.88. The summed E-state index contributed by atoms with van der Waals surface area (Å²) >= 11 is -2.31. The molecule has 8 heteroatoms. The minimum absolute atomic E-state index is 0.163. The summed E-state index contributed by atoms with van der Waals surface area (Å²) in [7, 11) is 0. The smallest absolute Gasteiger partial charge is 0.357 e. The Morgan fingerprint density at radius 3 is 2.57 bits per heavy atom. The average Bonchev–Trinajstić information content (AvgIpc) is 2.68. The van der Waals surface area contributed by atoms with E-state index in [0.717, 1.165) is 6.07 Å². The molecule has 0 spiro atoms. The van der Waals surface area contributed by atoms with Gasteiger partial charge in [0.1, 0.15) is 0 Å². The Hall–Kier alpha value is -1.12. The maximum atomic E-state index is 13.1. The van der Waals surface area contributed by atoms with Crippen molar-refractivity contribution < 1.29 is 21.9 Å². The molecule has 1 aromatic rings. The minimum atomic E-state index is -4.55. The Kier molecular flexibility index (Phi) is 4.32. The van der Waals surface area contributed by atoms with Crippen molar-refractivity contribution in [3.63, 3.8) is 0 Å². The van der Waals surface area contributed by atoms with Crippen LogP contribution < -0.4 is 10.2 Å². The number of rotatable bonds is 3. The Bertz CT molecular complexity index is 561. The summed E-state index contributed by atoms with van der Waals surface area (Å²) in [6.45, 7) is 5.01. The van der Waals surface area contributed by atoms with Crippen LogP contribution in [0.2, 0.25) is 0 Å². The summed E-state index contributed by atoms with van der Waals surface area (Å²) in [5.74, 6) is -0.529. The highest BCUT2D eigenvalue weighted by Gasteiger charge is 2.35. The Morgan fingerprint density at radius 2 is 2.10 bits per heavy atom. The first-order chi connectivity index (χ1) is 9.58. The Balaban J connectivity index is 2.36. The molecule has 0 bridgehead atoms. The van der Waals surface area contributed by atoms with Crippen LogP contribution in [0.1, 0.15) is 25.0 Å². The van der Waals surface area contributed by atoms with Gasteiger partial charge >= 0.3 is 6.18 Å². The summed E-state index contributed by atoms with van der Waals surface area (Å²) in [4.78, 5) is 1.81. The van der Waals surface area contributed by atoms with Gasteiger partial charge in [0.25, 0.3) is 0 Å². The lowest BCUT2D eigenvalue weighted by Crippen LogP contribution is -2.34. The molecule has 0 radical (unpaired) electrons. The fourth-order valence-electron chi connectivity index (χ4n) is 2.36. The maximum Gasteiger partial charge on any atom is 0.416 e. The van der Waals surface area contributed by atoms with E-state index in [1.807, 2.05) is 18.7 Å². The molecule has 1 aliphatic rings. The van der Waals surface area contributed by atoms with E-state index >= 15 is 0 Å². The Morgan fingerprint density at radius 1 is 1.43 bits per heavy atom. The molecule has 118 valence electrons. The number of hydrogen-bond donors (Lipinski definition) is 2. The minimum Gasteiger partial charge on any atom is -0.357 e. The largest absolute Gasteiger partial charge is 0.416 e. The van der Waals surface area contributed by atoms with Gasteiger partial charge in [-0.25, -0.2) is 4.21 Å². The van der Waals surface area contributed by atoms with Gasteiger partial charge in [0, 0.05) is 17.8 Å². The van der Waals surface area contributed by atoms with E-state index in [9.17, 15) is 17.4 Å². The molecule has 2 N–H and O–H groups in total. The lowest BCUT2D eigenvalue weighted by atomic mass is 10.1. The summed E-state index contributed by atoms with van der Waals surface area (Å²) in [6.07, 6.45) is -4.55. The van der Waals surface area contributed by atoms with Gasteiger partial charge in [-0.1, -0.05) is 6.07 Å². The van der Waals surface area contributed by atoms with Crippen LogP contribution in [0.5, 0.6) is 0 Å². The quantitative estimate of drug-likeness (QED) is 0.840. The molecule has 1 saturated heterocycles. The number of nitrogens with one attached hydrogen (secondary N) is 1. The number of alkyl halides is 3. The van der Waals surface area contributed by atoms with Gasteiger partial charge in [0.2, 0.25) is 0 Å². The summed E-state index contributed by atoms with van der Waals surface area (Å²) in [5, 5.41) is 3.21. The molecule has 1 aliphatic heterocycles. The molecular formula is C13H17F3N2O2S. The van der Waals surface area contributed by atoms with Crippen molar-refractivity contribution >= 4 is 16.8 Å². The predicted molar refractivity (Wildman–Crippen MR) is 75.3 cm³/mol. The zero-order chi connectivity index (χ0) is 15.8. The molecular weight excluding hydrogens is 305 g/mol. The second kappa shape index (κ2) is 5.58. The Labute approximate surface area is 123 Å². The number of hydrogen-bond acceptors (Lipinski definition) is 3. The first-order valence-electron chi connectivity index (χ1n) is 6.36. The van der Waals surface area contributed by atoms with E-state index in [0.29, 0.717) is 18.9 Å². The van der Waals surface area contributed by atoms with Crippen LogP contribution >= 0.6 is 0 Å². The van der Waals surface area contributed by atoms with E-state index in [4.69, 9.17) is 4.55 Å². The monoisotopic (exact) mass is 322 g/mol. The SMILES string of the molecule is CC1(C)CN(c2ccc(CS(=O)O)c(C(F)(F)F)c2)CN1. The summed E-state index contributed by atoms with van der Waals surface area (Å²) in [5.41, 5.74) is -0.734. The number of halogens is 3. The molecule has 1 unspecified atom stereocenters. The average molecular weight is 322 g/mol. The van der Waals surface area contributed by atoms with E-state index in [-0.39, 0.29) is 11.1 Å². The van der Waals surface area contributed by atoms with Crippen LogP contribution in [0.3, 0.4) is 0 Å². The van der Waals surface area contributed by atoms with Crippen LogP contribution in [-0.4, -0.2) is 27.5 Å². The van der Waals surface area contributed by atoms with Gasteiger partial charge in [-0.15, -0.1) is 0 Å². The lowest BCUT2D eigenvalue weighted by Gasteiger charge is -2.22. The summed E-state index contributed by atoms with van der Waals surface area (Å²) in [6, 6.07) is 3.88. The van der Waals surface area contributed by atoms with Crippen molar-refractivity contribution in [3.05, 3.63) is 29.3 Å². The van der Waals surface area contributed by atoms with Gasteiger partial charge in [0.15, 0.2) is 11.1 Å². The molecule has 0 aliphatic carbocycles. The van der Waals surface area contributed by atoms with Crippen molar-refractivity contribution in [1.82, 2.24) is 5.32 Å². The topological polar surface area (TPSA) is 52.6 Å². The third-order valence-electron chi connectivity index (χ3n) is 3.38. The summed E-state index contributed by atoms with van der Waals surface area (Å²) < 4.78 is 58.9. The van der Waals surface area contributed by atoms with Gasteiger partial charge in [0.05, 0.1) is 18.0 Å². The lowest BCUT2D eigenvalue weighted by molar-refractivity contribution is -0.138. The molecule has 1 atom stereocenters. The molecule has 0 aromatic heterocycles. The van der Waals surface area contributed by atoms with Gasteiger partial charge in [-0.2, -0.15) is 13.2 Å². The van der Waals surface area contributed by atoms with Crippen LogP contribution in [-0.2, 0) is 23.0 Å². The van der Waals surface area contributed by atoms with Crippen LogP contribution in [0, 0.1) is 0 Å². The highest BCUT2D eigenvalue weighted by Crippen LogP contribution is 2.35. The van der Waals surface area contributed by atoms with E-state index in [2.05, 4.69) is 5.32 Å². The van der Waals surface area contributed by atoms with Crippen molar-refractivity contribution in [1.29, 1.82) is 0 Å². The van der Waals surface area contributed by atoms with Gasteiger partial charge in [-0.05, 0) is 31.5 Å². The highest BCUT2D eigenvalue weighted by atomic mass is 32.2. The molecule has 21 heavy (non-hydrogen) atoms. The molecule has 1 fully saturated rings. The van der Waals surface area contributed by atoms with Crippen molar-refractivity contribution in [2.24, 2.45) is 0 Å². The fraction of sp³-hybridized carbons (Fsp3) is 0.538. The van der Waals surface area contributed by atoms with Crippen LogP contribution in [0.4, 0.5) is 18.9 Å². The number of benzene rings is 1. The first-order valence-corrected chi connectivity index (χ1v) is 7.64. The molecule has 0 saturated carbocycles. The highest BCUT2D eigenvalue weighted by molar-refractivity contribution is 7.78. The molecule has 1 heterocycles. The standard InChI is InChI=1S/C13H17F3N2O2S/c1-12(2)7-18(8-17-12)10-4-3-9(6-21(19)20)11(5-10)13(14,15)16/h3-5,17H,6-8H2,1-2H3,(H,19,20). The van der Waals surface area contributed by atoms with Crippen molar-refractivity contribution in [3.8, 4) is 0 Å². The first kappa shape index (κ1) is 16.3. The van der Waals surface area contributed by atoms with Crippen molar-refractivity contribution in [2.45, 2.75) is 31.3 Å². The normalized spacial score (nSPS) is 19.8. The molecule has 0 amide bonds. The van der Waals surface area contributed by atoms with E-state index < -0.39 is 28.6 Å². The number of nitrogens with zero attached hydrogens (tertiary/aromatic N) is 1. The van der Waals surface area contributed by atoms with Crippen molar-refractivity contribution in [2.75, 3.05) is 18.1 Å². The second-order valence-corrected chi connectivity index (χ2v) is 6.65. The molecule has 4 nitrogen and oxygen atoms in total. The number of anilines is 1. The van der Waals surface area contributed by atoms with Crippen LogP contribution in [0.25, 0.3) is 0 Å². The van der Waals surface area contributed by atoms with Gasteiger partial charge < -0.3 is 9.45 Å².